The topological polar surface area (TPSA) is 38.3 Å². The number of nitrogens with one attached hydrogen (secondary N) is 1. The van der Waals surface area contributed by atoms with E-state index in [1.165, 1.54) is 0 Å². The molecule has 0 aromatic heterocycles. The van der Waals surface area contributed by atoms with E-state index in [1.807, 2.05) is 0 Å². The molecule has 0 aliphatic rings. The Kier molecular flexibility index (Phi) is 5.29. The van der Waals surface area contributed by atoms with Gasteiger partial charge in [-0.3, -0.25) is 4.79 Å². The summed E-state index contributed by atoms with van der Waals surface area (Å²) < 4.78 is 5.34. The summed E-state index contributed by atoms with van der Waals surface area (Å²) in [6.45, 7) is 0.820. The van der Waals surface area contributed by atoms with Gasteiger partial charge >= 0.3 is 0 Å². The number of rotatable bonds is 5. The zero-order valence-corrected chi connectivity index (χ0v) is 9.52. The van der Waals surface area contributed by atoms with Gasteiger partial charge in [-0.15, -0.1) is 11.6 Å². The van der Waals surface area contributed by atoms with E-state index in [2.05, 4.69) is 5.32 Å². The molecule has 0 radical (unpaired) electrons. The Bertz CT molecular complexity index is 331. The Morgan fingerprint density at radius 2 is 2.27 bits per heavy atom. The quantitative estimate of drug-likeness (QED) is 0.639. The molecule has 1 aromatic rings. The van der Waals surface area contributed by atoms with Crippen LogP contribution in [-0.4, -0.2) is 24.9 Å². The molecule has 0 heterocycles. The number of hydrogen-bond acceptors (Lipinski definition) is 2. The van der Waals surface area contributed by atoms with Crippen molar-refractivity contribution in [2.45, 2.75) is 0 Å². The molecule has 5 heteroatoms. The first-order chi connectivity index (χ1) is 7.22. The lowest BCUT2D eigenvalue weighted by Crippen LogP contribution is -2.28. The number of carbonyl (C=O) groups is 1. The van der Waals surface area contributed by atoms with Crippen molar-refractivity contribution >= 4 is 29.1 Å². The monoisotopic (exact) mass is 247 g/mol. The zero-order valence-electron chi connectivity index (χ0n) is 8.00. The van der Waals surface area contributed by atoms with Crippen LogP contribution in [0.2, 0.25) is 5.02 Å². The summed E-state index contributed by atoms with van der Waals surface area (Å²) in [5, 5.41) is 3.21. The summed E-state index contributed by atoms with van der Waals surface area (Å²) in [7, 11) is 0. The minimum absolute atomic E-state index is 0.0306. The molecule has 0 aliphatic heterocycles. The van der Waals surface area contributed by atoms with E-state index in [0.29, 0.717) is 23.9 Å². The summed E-state index contributed by atoms with van der Waals surface area (Å²) in [5.41, 5.74) is 0. The summed E-state index contributed by atoms with van der Waals surface area (Å²) in [6, 6.07) is 7.08. The SMILES string of the molecule is O=C(CCl)NCCOc1cccc(Cl)c1. The fraction of sp³-hybridized carbons (Fsp3) is 0.300. The van der Waals surface area contributed by atoms with Gasteiger partial charge in [0, 0.05) is 5.02 Å². The van der Waals surface area contributed by atoms with Crippen LogP contribution in [0.4, 0.5) is 0 Å². The van der Waals surface area contributed by atoms with Crippen molar-refractivity contribution < 1.29 is 9.53 Å². The van der Waals surface area contributed by atoms with E-state index in [-0.39, 0.29) is 11.8 Å². The fourth-order valence-electron chi connectivity index (χ4n) is 0.963. The van der Waals surface area contributed by atoms with Crippen molar-refractivity contribution in [1.82, 2.24) is 5.32 Å². The maximum absolute atomic E-state index is 10.8. The van der Waals surface area contributed by atoms with Crippen LogP contribution >= 0.6 is 23.2 Å². The zero-order chi connectivity index (χ0) is 11.1. The van der Waals surface area contributed by atoms with Crippen LogP contribution in [0, 0.1) is 0 Å². The molecule has 15 heavy (non-hydrogen) atoms. The highest BCUT2D eigenvalue weighted by molar-refractivity contribution is 6.30. The molecule has 1 amide bonds. The fourth-order valence-corrected chi connectivity index (χ4v) is 1.24. The van der Waals surface area contributed by atoms with Gasteiger partial charge in [-0.2, -0.15) is 0 Å². The van der Waals surface area contributed by atoms with E-state index >= 15 is 0 Å². The van der Waals surface area contributed by atoms with E-state index in [1.54, 1.807) is 24.3 Å². The summed E-state index contributed by atoms with van der Waals surface area (Å²) in [6.07, 6.45) is 0. The van der Waals surface area contributed by atoms with Crippen molar-refractivity contribution in [3.05, 3.63) is 29.3 Å². The molecule has 0 atom stereocenters. The van der Waals surface area contributed by atoms with E-state index in [4.69, 9.17) is 27.9 Å². The molecule has 1 rings (SSSR count). The number of hydrogen-bond donors (Lipinski definition) is 1. The van der Waals surface area contributed by atoms with E-state index < -0.39 is 0 Å². The Morgan fingerprint density at radius 1 is 1.47 bits per heavy atom. The third-order valence-corrected chi connectivity index (χ3v) is 2.09. The molecule has 0 fully saturated rings. The molecule has 3 nitrogen and oxygen atoms in total. The standard InChI is InChI=1S/C10H11Cl2NO2/c11-7-10(14)13-4-5-15-9-3-1-2-8(12)6-9/h1-3,6H,4-5,7H2,(H,13,14). The van der Waals surface area contributed by atoms with Crippen LogP contribution in [0.15, 0.2) is 24.3 Å². The van der Waals surface area contributed by atoms with Gasteiger partial charge in [-0.25, -0.2) is 0 Å². The summed E-state index contributed by atoms with van der Waals surface area (Å²) in [4.78, 5) is 10.8. The second-order valence-electron chi connectivity index (χ2n) is 2.79. The van der Waals surface area contributed by atoms with E-state index in [0.717, 1.165) is 0 Å². The normalized spacial score (nSPS) is 9.73. The predicted molar refractivity (Wildman–Crippen MR) is 60.7 cm³/mol. The summed E-state index contributed by atoms with van der Waals surface area (Å²) >= 11 is 11.1. The molecule has 0 saturated carbocycles. The van der Waals surface area contributed by atoms with Gasteiger partial charge < -0.3 is 10.1 Å². The van der Waals surface area contributed by atoms with Crippen molar-refractivity contribution in [3.8, 4) is 5.75 Å². The van der Waals surface area contributed by atoms with Gasteiger partial charge in [-0.05, 0) is 18.2 Å². The molecular formula is C10H11Cl2NO2. The molecule has 1 N–H and O–H groups in total. The maximum atomic E-state index is 10.8. The molecular weight excluding hydrogens is 237 g/mol. The third kappa shape index (κ3) is 4.91. The predicted octanol–water partition coefficient (Wildman–Crippen LogP) is 2.07. The second kappa shape index (κ2) is 6.53. The van der Waals surface area contributed by atoms with Crippen molar-refractivity contribution in [2.24, 2.45) is 0 Å². The number of ether oxygens (including phenoxy) is 1. The Hall–Kier alpha value is -0.930. The third-order valence-electron chi connectivity index (χ3n) is 1.61. The molecule has 0 spiro atoms. The highest BCUT2D eigenvalue weighted by Gasteiger charge is 1.97. The largest absolute Gasteiger partial charge is 0.492 e. The minimum atomic E-state index is -0.202. The van der Waals surface area contributed by atoms with Crippen LogP contribution in [0.1, 0.15) is 0 Å². The minimum Gasteiger partial charge on any atom is -0.492 e. The lowest BCUT2D eigenvalue weighted by atomic mass is 10.3. The number of halogens is 2. The van der Waals surface area contributed by atoms with Gasteiger partial charge in [0.2, 0.25) is 5.91 Å². The first kappa shape index (κ1) is 12.1. The van der Waals surface area contributed by atoms with Crippen molar-refractivity contribution in [1.29, 1.82) is 0 Å². The average Bonchev–Trinajstić information content (AvgIpc) is 2.24. The van der Waals surface area contributed by atoms with Crippen LogP contribution in [0.5, 0.6) is 5.75 Å². The highest BCUT2D eigenvalue weighted by atomic mass is 35.5. The molecule has 0 bridgehead atoms. The Labute approximate surface area is 98.3 Å². The van der Waals surface area contributed by atoms with Gasteiger partial charge in [0.25, 0.3) is 0 Å². The van der Waals surface area contributed by atoms with Crippen molar-refractivity contribution in [3.63, 3.8) is 0 Å². The molecule has 0 unspecified atom stereocenters. The lowest BCUT2D eigenvalue weighted by Gasteiger charge is -2.06. The average molecular weight is 248 g/mol. The first-order valence-corrected chi connectivity index (χ1v) is 5.34. The first-order valence-electron chi connectivity index (χ1n) is 4.43. The van der Waals surface area contributed by atoms with Crippen LogP contribution in [-0.2, 0) is 4.79 Å². The molecule has 82 valence electrons. The Balaban J connectivity index is 2.23. The molecule has 0 saturated heterocycles. The maximum Gasteiger partial charge on any atom is 0.235 e. The molecule has 1 aromatic carbocycles. The number of carbonyl (C=O) groups excluding carboxylic acids is 1. The second-order valence-corrected chi connectivity index (χ2v) is 3.49. The number of benzene rings is 1. The smallest absolute Gasteiger partial charge is 0.235 e. The highest BCUT2D eigenvalue weighted by Crippen LogP contribution is 2.16. The van der Waals surface area contributed by atoms with Crippen molar-refractivity contribution in [2.75, 3.05) is 19.0 Å². The summed E-state index contributed by atoms with van der Waals surface area (Å²) in [5.74, 6) is 0.450. The van der Waals surface area contributed by atoms with Gasteiger partial charge in [0.05, 0.1) is 6.54 Å². The lowest BCUT2D eigenvalue weighted by molar-refractivity contribution is -0.118. The van der Waals surface area contributed by atoms with E-state index in [9.17, 15) is 4.79 Å². The van der Waals surface area contributed by atoms with Crippen LogP contribution in [0.3, 0.4) is 0 Å². The van der Waals surface area contributed by atoms with Gasteiger partial charge in [0.15, 0.2) is 0 Å². The Morgan fingerprint density at radius 3 is 2.93 bits per heavy atom. The van der Waals surface area contributed by atoms with Gasteiger partial charge in [0.1, 0.15) is 18.2 Å². The number of alkyl halides is 1. The molecule has 0 aliphatic carbocycles. The van der Waals surface area contributed by atoms with Gasteiger partial charge in [-0.1, -0.05) is 17.7 Å². The van der Waals surface area contributed by atoms with Crippen LogP contribution < -0.4 is 10.1 Å². The number of amides is 1. The van der Waals surface area contributed by atoms with Crippen LogP contribution in [0.25, 0.3) is 0 Å².